The normalized spacial score (nSPS) is 20.1. The van der Waals surface area contributed by atoms with Crippen LogP contribution in [0.3, 0.4) is 0 Å². The Labute approximate surface area is 233 Å². The van der Waals surface area contributed by atoms with Gasteiger partial charge in [-0.15, -0.1) is 0 Å². The largest absolute Gasteiger partial charge is 0.495 e. The minimum atomic E-state index is -1.21. The number of nitrogens with one attached hydrogen (secondary N) is 1. The lowest BCUT2D eigenvalue weighted by Gasteiger charge is -2.40. The Hall–Kier alpha value is -4.46. The first-order chi connectivity index (χ1) is 19.4. The number of para-hydroxylation sites is 3. The summed E-state index contributed by atoms with van der Waals surface area (Å²) in [6.07, 6.45) is 0.890. The Balaban J connectivity index is 1.53. The van der Waals surface area contributed by atoms with Crippen molar-refractivity contribution in [3.63, 3.8) is 0 Å². The van der Waals surface area contributed by atoms with Crippen LogP contribution in [0.2, 0.25) is 0 Å². The number of amides is 3. The Morgan fingerprint density at radius 3 is 2.50 bits per heavy atom. The van der Waals surface area contributed by atoms with E-state index in [0.717, 1.165) is 34.1 Å². The predicted octanol–water partition coefficient (Wildman–Crippen LogP) is 6.19. The molecule has 2 aliphatic heterocycles. The van der Waals surface area contributed by atoms with E-state index >= 15 is 0 Å². The number of methoxy groups -OCH3 is 1. The van der Waals surface area contributed by atoms with Crippen LogP contribution in [0.25, 0.3) is 10.9 Å². The van der Waals surface area contributed by atoms with Gasteiger partial charge in [0.25, 0.3) is 5.91 Å². The summed E-state index contributed by atoms with van der Waals surface area (Å²) in [4.78, 5) is 34.8. The zero-order chi connectivity index (χ0) is 28.0. The van der Waals surface area contributed by atoms with E-state index in [1.54, 1.807) is 23.1 Å². The average Bonchev–Trinajstić information content (AvgIpc) is 3.46. The van der Waals surface area contributed by atoms with E-state index in [1.165, 1.54) is 12.0 Å². The van der Waals surface area contributed by atoms with Crippen molar-refractivity contribution in [3.8, 4) is 17.2 Å². The summed E-state index contributed by atoms with van der Waals surface area (Å²) >= 11 is 0. The first-order valence-electron chi connectivity index (χ1n) is 13.7. The number of aromatic nitrogens is 1. The molecule has 40 heavy (non-hydrogen) atoms. The molecule has 1 N–H and O–H groups in total. The van der Waals surface area contributed by atoms with Crippen molar-refractivity contribution >= 4 is 28.5 Å². The summed E-state index contributed by atoms with van der Waals surface area (Å²) in [6, 6.07) is 20.8. The fraction of sp³-hybridized carbons (Fsp3) is 0.312. The third-order valence-electron chi connectivity index (χ3n) is 7.99. The summed E-state index contributed by atoms with van der Waals surface area (Å²) in [5, 5.41) is 1.03. The van der Waals surface area contributed by atoms with Gasteiger partial charge in [-0.05, 0) is 61.7 Å². The number of benzene rings is 3. The molecule has 1 fully saturated rings. The molecular formula is C32H33N3O5. The van der Waals surface area contributed by atoms with Crippen molar-refractivity contribution in [1.29, 1.82) is 0 Å². The van der Waals surface area contributed by atoms with Crippen LogP contribution >= 0.6 is 0 Å². The van der Waals surface area contributed by atoms with Gasteiger partial charge in [0.1, 0.15) is 5.75 Å². The van der Waals surface area contributed by atoms with Crippen LogP contribution in [0.15, 0.2) is 66.7 Å². The first-order valence-corrected chi connectivity index (χ1v) is 13.7. The van der Waals surface area contributed by atoms with Crippen LogP contribution in [0.5, 0.6) is 17.2 Å². The van der Waals surface area contributed by atoms with Gasteiger partial charge in [-0.2, -0.15) is 0 Å². The zero-order valence-corrected chi connectivity index (χ0v) is 23.2. The second-order valence-electron chi connectivity index (χ2n) is 10.3. The van der Waals surface area contributed by atoms with Gasteiger partial charge in [0, 0.05) is 23.4 Å². The Kier molecular flexibility index (Phi) is 6.41. The van der Waals surface area contributed by atoms with Gasteiger partial charge in [-0.3, -0.25) is 4.79 Å². The molecule has 2 atom stereocenters. The topological polar surface area (TPSA) is 84.1 Å². The van der Waals surface area contributed by atoms with Gasteiger partial charge >= 0.3 is 6.03 Å². The number of anilines is 1. The summed E-state index contributed by atoms with van der Waals surface area (Å²) in [5.74, 6) is 1.31. The molecule has 8 nitrogen and oxygen atoms in total. The van der Waals surface area contributed by atoms with E-state index in [2.05, 4.69) is 18.0 Å². The third-order valence-corrected chi connectivity index (χ3v) is 7.99. The minimum absolute atomic E-state index is 0.201. The van der Waals surface area contributed by atoms with Crippen LogP contribution < -0.4 is 19.1 Å². The highest BCUT2D eigenvalue weighted by Crippen LogP contribution is 2.51. The molecule has 3 heterocycles. The number of imide groups is 1. The maximum atomic E-state index is 14.3. The SMILES string of the molecule is CCCOc1ccc([C@@H]2CN3C(=O)N(c4ccccc4OC)C(=O)[C@]3(C)c3[nH]c4ccccc4c32)cc1OCC. The molecule has 2 aliphatic rings. The van der Waals surface area contributed by atoms with Crippen molar-refractivity contribution in [2.45, 2.75) is 38.6 Å². The van der Waals surface area contributed by atoms with E-state index in [-0.39, 0.29) is 17.9 Å². The fourth-order valence-electron chi connectivity index (χ4n) is 6.06. The lowest BCUT2D eigenvalue weighted by atomic mass is 9.78. The van der Waals surface area contributed by atoms with E-state index in [9.17, 15) is 9.59 Å². The molecule has 3 aromatic carbocycles. The quantitative estimate of drug-likeness (QED) is 0.270. The van der Waals surface area contributed by atoms with E-state index in [1.807, 2.05) is 56.3 Å². The second kappa shape index (κ2) is 9.93. The molecule has 206 valence electrons. The molecule has 0 unspecified atom stereocenters. The molecular weight excluding hydrogens is 506 g/mol. The van der Waals surface area contributed by atoms with Crippen LogP contribution in [0.1, 0.15) is 49.9 Å². The smallest absolute Gasteiger partial charge is 0.332 e. The molecule has 1 aromatic heterocycles. The maximum Gasteiger partial charge on any atom is 0.332 e. The zero-order valence-electron chi connectivity index (χ0n) is 23.2. The number of fused-ring (bicyclic) bond motifs is 5. The molecule has 8 heteroatoms. The molecule has 0 radical (unpaired) electrons. The number of hydrogen-bond donors (Lipinski definition) is 1. The van der Waals surface area contributed by atoms with Crippen molar-refractivity contribution in [2.75, 3.05) is 31.8 Å². The third kappa shape index (κ3) is 3.73. The molecule has 4 aromatic rings. The second-order valence-corrected chi connectivity index (χ2v) is 10.3. The lowest BCUT2D eigenvalue weighted by Crippen LogP contribution is -2.50. The standard InChI is InChI=1S/C32H33N3O5/c1-5-17-40-26-16-15-20(18-27(26)39-6-2)22-19-34-31(37)35(24-13-9-10-14-25(24)38-4)30(36)32(34,3)29-28(22)21-11-7-8-12-23(21)33-29/h7-16,18,22,33H,5-6,17,19H2,1-4H3/t22-,32-/m0/s1. The molecule has 1 saturated heterocycles. The van der Waals surface area contributed by atoms with Crippen LogP contribution in [0.4, 0.5) is 10.5 Å². The summed E-state index contributed by atoms with van der Waals surface area (Å²) in [5.41, 5.74) is 2.86. The summed E-state index contributed by atoms with van der Waals surface area (Å²) in [6.45, 7) is 7.26. The molecule has 0 aliphatic carbocycles. The monoisotopic (exact) mass is 539 g/mol. The number of carbonyl (C=O) groups is 2. The molecule has 0 saturated carbocycles. The van der Waals surface area contributed by atoms with Gasteiger partial charge in [0.2, 0.25) is 0 Å². The van der Waals surface area contributed by atoms with Gasteiger partial charge in [-0.25, -0.2) is 9.69 Å². The van der Waals surface area contributed by atoms with Crippen LogP contribution in [0, 0.1) is 0 Å². The summed E-state index contributed by atoms with van der Waals surface area (Å²) < 4.78 is 17.5. The minimum Gasteiger partial charge on any atom is -0.495 e. The Morgan fingerprint density at radius 2 is 1.73 bits per heavy atom. The maximum absolute atomic E-state index is 14.3. The average molecular weight is 540 g/mol. The number of ether oxygens (including phenoxy) is 3. The Morgan fingerprint density at radius 1 is 0.950 bits per heavy atom. The van der Waals surface area contributed by atoms with E-state index in [0.29, 0.717) is 42.7 Å². The van der Waals surface area contributed by atoms with Gasteiger partial charge in [0.05, 0.1) is 31.7 Å². The highest BCUT2D eigenvalue weighted by Gasteiger charge is 2.61. The fourth-order valence-corrected chi connectivity index (χ4v) is 6.06. The predicted molar refractivity (Wildman–Crippen MR) is 153 cm³/mol. The number of H-pyrrole nitrogens is 1. The highest BCUT2D eigenvalue weighted by atomic mass is 16.5. The summed E-state index contributed by atoms with van der Waals surface area (Å²) in [7, 11) is 1.54. The van der Waals surface area contributed by atoms with Crippen molar-refractivity contribution < 1.29 is 23.8 Å². The molecule has 0 bridgehead atoms. The van der Waals surface area contributed by atoms with Crippen molar-refractivity contribution in [2.24, 2.45) is 0 Å². The van der Waals surface area contributed by atoms with Crippen molar-refractivity contribution in [3.05, 3.63) is 83.6 Å². The van der Waals surface area contributed by atoms with Crippen LogP contribution in [-0.2, 0) is 10.3 Å². The Bertz CT molecular complexity index is 1610. The van der Waals surface area contributed by atoms with Crippen molar-refractivity contribution in [1.82, 2.24) is 9.88 Å². The number of aromatic amines is 1. The first kappa shape index (κ1) is 25.8. The molecule has 3 amide bonds. The van der Waals surface area contributed by atoms with E-state index in [4.69, 9.17) is 14.2 Å². The van der Waals surface area contributed by atoms with Gasteiger partial charge < -0.3 is 24.1 Å². The van der Waals surface area contributed by atoms with Gasteiger partial charge in [0.15, 0.2) is 17.0 Å². The van der Waals surface area contributed by atoms with Gasteiger partial charge in [-0.1, -0.05) is 43.3 Å². The number of urea groups is 1. The number of rotatable bonds is 8. The van der Waals surface area contributed by atoms with E-state index < -0.39 is 5.54 Å². The number of hydrogen-bond acceptors (Lipinski definition) is 5. The highest BCUT2D eigenvalue weighted by molar-refractivity contribution is 6.24. The number of nitrogens with zero attached hydrogens (tertiary/aromatic N) is 2. The number of carbonyl (C=O) groups excluding carboxylic acids is 2. The lowest BCUT2D eigenvalue weighted by molar-refractivity contribution is -0.125. The molecule has 0 spiro atoms. The molecule has 6 rings (SSSR count). The van der Waals surface area contributed by atoms with Crippen LogP contribution in [-0.4, -0.2) is 48.7 Å².